The molecule has 2 saturated heterocycles. The van der Waals surface area contributed by atoms with Gasteiger partial charge in [-0.2, -0.15) is 0 Å². The molecule has 220 valence electrons. The molecule has 2 aromatic rings. The summed E-state index contributed by atoms with van der Waals surface area (Å²) in [4.78, 5) is 28.4. The molecule has 2 bridgehead atoms. The van der Waals surface area contributed by atoms with Gasteiger partial charge in [0.25, 0.3) is 0 Å². The van der Waals surface area contributed by atoms with Crippen LogP contribution >= 0.6 is 11.3 Å². The molecule has 1 aliphatic carbocycles. The average molecular weight is 577 g/mol. The van der Waals surface area contributed by atoms with Crippen LogP contribution in [0.15, 0.2) is 12.1 Å². The molecule has 8 nitrogen and oxygen atoms in total. The maximum absolute atomic E-state index is 13.7. The van der Waals surface area contributed by atoms with Crippen molar-refractivity contribution in [2.75, 3.05) is 11.9 Å². The van der Waals surface area contributed by atoms with Crippen molar-refractivity contribution in [3.63, 3.8) is 0 Å². The van der Waals surface area contributed by atoms with Crippen molar-refractivity contribution in [1.29, 1.82) is 0 Å². The highest BCUT2D eigenvalue weighted by Gasteiger charge is 2.43. The van der Waals surface area contributed by atoms with Gasteiger partial charge in [-0.1, -0.05) is 13.8 Å². The van der Waals surface area contributed by atoms with Gasteiger partial charge in [0.2, 0.25) is 17.7 Å². The van der Waals surface area contributed by atoms with E-state index < -0.39 is 5.92 Å². The molecule has 40 heavy (non-hydrogen) atoms. The summed E-state index contributed by atoms with van der Waals surface area (Å²) in [7, 11) is 0. The smallest absolute Gasteiger partial charge is 0.248 e. The van der Waals surface area contributed by atoms with Gasteiger partial charge in [0.15, 0.2) is 0 Å². The van der Waals surface area contributed by atoms with Crippen molar-refractivity contribution >= 4 is 28.2 Å². The van der Waals surface area contributed by atoms with E-state index in [2.05, 4.69) is 44.1 Å². The number of piperidine rings is 1. The van der Waals surface area contributed by atoms with Gasteiger partial charge in [-0.15, -0.1) is 21.5 Å². The lowest BCUT2D eigenvalue weighted by Gasteiger charge is -2.40. The Morgan fingerprint density at radius 1 is 1.07 bits per heavy atom. The lowest BCUT2D eigenvalue weighted by atomic mass is 9.86. The summed E-state index contributed by atoms with van der Waals surface area (Å²) in [5, 5.41) is 15.6. The second-order valence-electron chi connectivity index (χ2n) is 12.2. The predicted octanol–water partition coefficient (Wildman–Crippen LogP) is 5.97. The second-order valence-corrected chi connectivity index (χ2v) is 13.4. The zero-order chi connectivity index (χ0) is 28.6. The fourth-order valence-corrected chi connectivity index (χ4v) is 8.03. The Morgan fingerprint density at radius 2 is 1.75 bits per heavy atom. The topological polar surface area (TPSA) is 92.2 Å². The highest BCUT2D eigenvalue weighted by atomic mass is 32.1. The van der Waals surface area contributed by atoms with E-state index in [0.717, 1.165) is 47.3 Å². The maximum atomic E-state index is 13.7. The van der Waals surface area contributed by atoms with Crippen molar-refractivity contribution in [3.8, 4) is 0 Å². The first kappa shape index (κ1) is 29.1. The van der Waals surface area contributed by atoms with Crippen LogP contribution in [0.2, 0.25) is 0 Å². The normalized spacial score (nSPS) is 25.7. The number of anilines is 1. The molecular formula is C29H42F2N6O2S. The monoisotopic (exact) mass is 576 g/mol. The third-order valence-electron chi connectivity index (χ3n) is 8.98. The standard InChI is InChI=1S/C29H42F2N6O2S/c1-17(2)27-35-34-18(3)37(27)23-15-21-5-6-22(16-23)36(21)14-11-24(25-7-8-26(40-25)32-19(4)38)33-28(39)20-9-12-29(30,31)13-10-20/h7-8,17,20-24H,5-6,9-16H2,1-4H3,(H,32,38)(H,33,39)/t21?,22?,23?,24-/m0/s1. The van der Waals surface area contributed by atoms with E-state index in [1.54, 1.807) is 0 Å². The minimum atomic E-state index is -2.66. The molecule has 3 fully saturated rings. The minimum absolute atomic E-state index is 0.138. The Bertz CT molecular complexity index is 1190. The SMILES string of the molecule is CC(=O)Nc1ccc([C@H](CCN2C3CCC2CC(n2c(C)nnc2C(C)C)C3)NC(=O)C2CCC(F)(F)CC2)s1. The Hall–Kier alpha value is -2.40. The number of carbonyl (C=O) groups excluding carboxylic acids is 2. The zero-order valence-corrected chi connectivity index (χ0v) is 24.8. The molecule has 2 amide bonds. The number of hydrogen-bond acceptors (Lipinski definition) is 6. The van der Waals surface area contributed by atoms with Gasteiger partial charge < -0.3 is 15.2 Å². The molecule has 0 aromatic carbocycles. The summed E-state index contributed by atoms with van der Waals surface area (Å²) < 4.78 is 29.8. The Balaban J connectivity index is 1.27. The fourth-order valence-electron chi connectivity index (χ4n) is 6.99. The number of nitrogens with one attached hydrogen (secondary N) is 2. The van der Waals surface area contributed by atoms with Crippen LogP contribution < -0.4 is 10.6 Å². The zero-order valence-electron chi connectivity index (χ0n) is 24.0. The first-order valence-corrected chi connectivity index (χ1v) is 15.5. The summed E-state index contributed by atoms with van der Waals surface area (Å²) in [5.74, 6) is -0.954. The minimum Gasteiger partial charge on any atom is -0.348 e. The van der Waals surface area contributed by atoms with Gasteiger partial charge in [-0.25, -0.2) is 8.78 Å². The van der Waals surface area contributed by atoms with Crippen molar-refractivity contribution in [1.82, 2.24) is 25.0 Å². The maximum Gasteiger partial charge on any atom is 0.248 e. The molecule has 0 spiro atoms. The lowest BCUT2D eigenvalue weighted by Crippen LogP contribution is -2.45. The summed E-state index contributed by atoms with van der Waals surface area (Å²) >= 11 is 1.46. The number of aromatic nitrogens is 3. The van der Waals surface area contributed by atoms with Crippen LogP contribution in [0.1, 0.15) is 113 Å². The number of amides is 2. The molecule has 2 aromatic heterocycles. The first-order valence-electron chi connectivity index (χ1n) is 14.7. The number of alkyl halides is 2. The number of nitrogens with zero attached hydrogens (tertiary/aromatic N) is 4. The van der Waals surface area contributed by atoms with Crippen LogP contribution in [0.25, 0.3) is 0 Å². The highest BCUT2D eigenvalue weighted by Crippen LogP contribution is 2.43. The number of thiophene rings is 1. The highest BCUT2D eigenvalue weighted by molar-refractivity contribution is 7.16. The second kappa shape index (κ2) is 11.8. The molecule has 5 rings (SSSR count). The van der Waals surface area contributed by atoms with Crippen molar-refractivity contribution in [3.05, 3.63) is 28.7 Å². The van der Waals surface area contributed by atoms with Crippen LogP contribution in [0.3, 0.4) is 0 Å². The van der Waals surface area contributed by atoms with Crippen molar-refractivity contribution < 1.29 is 18.4 Å². The van der Waals surface area contributed by atoms with E-state index in [-0.39, 0.29) is 49.5 Å². The number of halogens is 2. The van der Waals surface area contributed by atoms with Gasteiger partial charge in [0, 0.05) is 61.1 Å². The molecule has 2 N–H and O–H groups in total. The summed E-state index contributed by atoms with van der Waals surface area (Å²) in [5.41, 5.74) is 0. The van der Waals surface area contributed by atoms with Gasteiger partial charge >= 0.3 is 0 Å². The predicted molar refractivity (Wildman–Crippen MR) is 152 cm³/mol. The third-order valence-corrected chi connectivity index (χ3v) is 10.1. The number of fused-ring (bicyclic) bond motifs is 2. The molecular weight excluding hydrogens is 534 g/mol. The Labute approximate surface area is 239 Å². The average Bonchev–Trinajstić information content (AvgIpc) is 3.56. The van der Waals surface area contributed by atoms with E-state index in [0.29, 0.717) is 24.0 Å². The van der Waals surface area contributed by atoms with Gasteiger partial charge in [-0.05, 0) is 64.0 Å². The van der Waals surface area contributed by atoms with Crippen LogP contribution in [0.5, 0.6) is 0 Å². The van der Waals surface area contributed by atoms with Gasteiger partial charge in [0.05, 0.1) is 11.0 Å². The van der Waals surface area contributed by atoms with Gasteiger partial charge in [-0.3, -0.25) is 14.5 Å². The molecule has 11 heteroatoms. The molecule has 3 aliphatic rings. The third kappa shape index (κ3) is 6.40. The Kier molecular flexibility index (Phi) is 8.61. The molecule has 4 heterocycles. The van der Waals surface area contributed by atoms with Crippen LogP contribution in [0.4, 0.5) is 13.8 Å². The number of hydrogen-bond donors (Lipinski definition) is 2. The molecule has 2 aliphatic heterocycles. The van der Waals surface area contributed by atoms with E-state index >= 15 is 0 Å². The largest absolute Gasteiger partial charge is 0.348 e. The lowest BCUT2D eigenvalue weighted by molar-refractivity contribution is -0.130. The van der Waals surface area contributed by atoms with E-state index in [1.807, 2.05) is 19.1 Å². The van der Waals surface area contributed by atoms with Crippen LogP contribution in [0, 0.1) is 12.8 Å². The van der Waals surface area contributed by atoms with Crippen LogP contribution in [-0.2, 0) is 9.59 Å². The fraction of sp³-hybridized carbons (Fsp3) is 0.724. The summed E-state index contributed by atoms with van der Waals surface area (Å²) in [6, 6.07) is 4.94. The van der Waals surface area contributed by atoms with E-state index in [1.165, 1.54) is 31.1 Å². The molecule has 0 radical (unpaired) electrons. The van der Waals surface area contributed by atoms with E-state index in [4.69, 9.17) is 0 Å². The summed E-state index contributed by atoms with van der Waals surface area (Å²) in [6.07, 6.45) is 5.15. The Morgan fingerprint density at radius 3 is 2.38 bits per heavy atom. The van der Waals surface area contributed by atoms with Crippen molar-refractivity contribution in [2.45, 2.75) is 121 Å². The molecule has 3 atom stereocenters. The van der Waals surface area contributed by atoms with E-state index in [9.17, 15) is 18.4 Å². The number of rotatable bonds is 9. The molecule has 2 unspecified atom stereocenters. The first-order chi connectivity index (χ1) is 19.0. The number of carbonyl (C=O) groups is 2. The summed E-state index contributed by atoms with van der Waals surface area (Å²) in [6.45, 7) is 8.70. The van der Waals surface area contributed by atoms with Crippen molar-refractivity contribution in [2.24, 2.45) is 5.92 Å². The molecule has 1 saturated carbocycles. The quantitative estimate of drug-likeness (QED) is 0.384. The van der Waals surface area contributed by atoms with Gasteiger partial charge in [0.1, 0.15) is 11.6 Å². The number of aryl methyl sites for hydroxylation is 1. The van der Waals surface area contributed by atoms with Crippen LogP contribution in [-0.4, -0.2) is 56.0 Å².